The van der Waals surface area contributed by atoms with E-state index < -0.39 is 11.7 Å². The molecule has 2 aromatic heterocycles. The Labute approximate surface area is 200 Å². The zero-order valence-electron chi connectivity index (χ0n) is 18.4. The highest BCUT2D eigenvalue weighted by atomic mass is 35.5. The summed E-state index contributed by atoms with van der Waals surface area (Å²) >= 11 is 7.61. The van der Waals surface area contributed by atoms with Crippen LogP contribution in [0.2, 0.25) is 5.02 Å². The molecule has 0 unspecified atom stereocenters. The number of benzene rings is 2. The number of pyridine rings is 1. The number of Topliss-reactive ketones (excluding diaryl/α,β-unsaturated/α-hetero) is 1. The molecule has 1 N–H and O–H groups in total. The third-order valence-corrected chi connectivity index (χ3v) is 6.40. The van der Waals surface area contributed by atoms with Crippen molar-refractivity contribution >= 4 is 51.6 Å². The number of nitrogens with one attached hydrogen (secondary N) is 1. The van der Waals surface area contributed by atoms with Crippen molar-refractivity contribution in [3.8, 4) is 5.88 Å². The second-order valence-corrected chi connectivity index (χ2v) is 8.74. The molecule has 0 fully saturated rings. The van der Waals surface area contributed by atoms with Gasteiger partial charge in [-0.3, -0.25) is 9.59 Å². The van der Waals surface area contributed by atoms with E-state index in [1.54, 1.807) is 23.9 Å². The number of hydrogen-bond donors (Lipinski definition) is 1. The fourth-order valence-electron chi connectivity index (χ4n) is 3.75. The number of rotatable bonds is 7. The zero-order valence-corrected chi connectivity index (χ0v) is 20.0. The Balaban J connectivity index is 1.75. The van der Waals surface area contributed by atoms with E-state index in [1.165, 1.54) is 13.3 Å². The molecule has 168 valence electrons. The van der Waals surface area contributed by atoms with Crippen molar-refractivity contribution in [1.82, 2.24) is 9.55 Å². The first-order chi connectivity index (χ1) is 15.9. The van der Waals surface area contributed by atoms with Crippen LogP contribution in [0, 0.1) is 6.92 Å². The number of ketones is 1. The van der Waals surface area contributed by atoms with E-state index in [2.05, 4.69) is 14.9 Å². The van der Waals surface area contributed by atoms with E-state index in [4.69, 9.17) is 16.3 Å². The van der Waals surface area contributed by atoms with Gasteiger partial charge in [-0.15, -0.1) is 11.8 Å². The Morgan fingerprint density at radius 3 is 2.58 bits per heavy atom. The van der Waals surface area contributed by atoms with Gasteiger partial charge >= 0.3 is 0 Å². The molecule has 2 aromatic carbocycles. The van der Waals surface area contributed by atoms with Crippen molar-refractivity contribution < 1.29 is 14.3 Å². The first-order valence-corrected chi connectivity index (χ1v) is 11.8. The molecular weight excluding hydrogens is 458 g/mol. The molecule has 0 aliphatic rings. The van der Waals surface area contributed by atoms with Gasteiger partial charge < -0.3 is 14.6 Å². The summed E-state index contributed by atoms with van der Waals surface area (Å²) < 4.78 is 7.14. The average molecular weight is 480 g/mol. The maximum Gasteiger partial charge on any atom is 0.296 e. The molecule has 1 amide bonds. The third-order valence-electron chi connectivity index (χ3n) is 5.42. The molecule has 0 saturated heterocycles. The number of nitrogens with zero attached hydrogens (tertiary/aromatic N) is 2. The highest BCUT2D eigenvalue weighted by Gasteiger charge is 2.26. The fraction of sp³-hybridized carbons (Fsp3) is 0.160. The van der Waals surface area contributed by atoms with Crippen molar-refractivity contribution in [1.29, 1.82) is 0 Å². The van der Waals surface area contributed by atoms with Crippen LogP contribution < -0.4 is 10.1 Å². The Kier molecular flexibility index (Phi) is 6.72. The zero-order chi connectivity index (χ0) is 23.5. The predicted octanol–water partition coefficient (Wildman–Crippen LogP) is 5.60. The maximum atomic E-state index is 13.4. The van der Waals surface area contributed by atoms with Crippen molar-refractivity contribution in [2.45, 2.75) is 18.4 Å². The lowest BCUT2D eigenvalue weighted by Crippen LogP contribution is -2.23. The summed E-state index contributed by atoms with van der Waals surface area (Å²) in [6.07, 6.45) is 3.48. The van der Waals surface area contributed by atoms with E-state index in [-0.39, 0.29) is 0 Å². The summed E-state index contributed by atoms with van der Waals surface area (Å²) in [5, 5.41) is 4.08. The van der Waals surface area contributed by atoms with Crippen LogP contribution in [-0.2, 0) is 11.3 Å². The fourth-order valence-corrected chi connectivity index (χ4v) is 4.32. The highest BCUT2D eigenvalue weighted by Crippen LogP contribution is 2.31. The van der Waals surface area contributed by atoms with E-state index in [0.29, 0.717) is 28.7 Å². The molecule has 0 radical (unpaired) electrons. The number of thioether (sulfide) groups is 1. The lowest BCUT2D eigenvalue weighted by Gasteiger charge is -2.09. The Morgan fingerprint density at radius 2 is 1.88 bits per heavy atom. The van der Waals surface area contributed by atoms with Gasteiger partial charge in [0.15, 0.2) is 0 Å². The van der Waals surface area contributed by atoms with Gasteiger partial charge in [0.05, 0.1) is 12.7 Å². The average Bonchev–Trinajstić information content (AvgIpc) is 3.10. The van der Waals surface area contributed by atoms with Crippen molar-refractivity contribution in [3.05, 3.63) is 82.6 Å². The minimum Gasteiger partial charge on any atom is -0.481 e. The molecule has 0 aliphatic carbocycles. The van der Waals surface area contributed by atoms with Crippen LogP contribution in [0.15, 0.2) is 65.7 Å². The molecule has 4 aromatic rings. The molecule has 6 nitrogen and oxygen atoms in total. The van der Waals surface area contributed by atoms with Gasteiger partial charge in [-0.1, -0.05) is 23.7 Å². The number of aromatic nitrogens is 2. The quantitative estimate of drug-likeness (QED) is 0.212. The predicted molar refractivity (Wildman–Crippen MR) is 133 cm³/mol. The molecule has 33 heavy (non-hydrogen) atoms. The summed E-state index contributed by atoms with van der Waals surface area (Å²) in [5.74, 6) is -0.964. The van der Waals surface area contributed by atoms with Gasteiger partial charge in [-0.2, -0.15) is 0 Å². The number of ether oxygens (including phenoxy) is 1. The van der Waals surface area contributed by atoms with Crippen LogP contribution in [-0.4, -0.2) is 34.6 Å². The number of carbonyl (C=O) groups excluding carboxylic acids is 2. The van der Waals surface area contributed by atoms with Crippen LogP contribution in [0.5, 0.6) is 5.88 Å². The van der Waals surface area contributed by atoms with Gasteiger partial charge in [0.2, 0.25) is 5.88 Å². The van der Waals surface area contributed by atoms with E-state index >= 15 is 0 Å². The minimum absolute atomic E-state index is 0.348. The first kappa shape index (κ1) is 22.9. The maximum absolute atomic E-state index is 13.4. The number of hydrogen-bond acceptors (Lipinski definition) is 5. The smallest absolute Gasteiger partial charge is 0.296 e. The van der Waals surface area contributed by atoms with Gasteiger partial charge in [0.1, 0.15) is 0 Å². The molecule has 0 aliphatic heterocycles. The second-order valence-electron chi connectivity index (χ2n) is 7.43. The minimum atomic E-state index is -0.716. The van der Waals surface area contributed by atoms with Crippen LogP contribution in [0.25, 0.3) is 10.9 Å². The van der Waals surface area contributed by atoms with E-state index in [0.717, 1.165) is 27.1 Å². The standard InChI is InChI=1S/C25H22ClN3O3S/c1-15-23(24(30)25(31)28-18-10-11-27-22(12-18)32-2)20-13-19(33-3)8-9-21(20)29(15)14-16-4-6-17(26)7-5-16/h4-13H,14H2,1-3H3,(H,27,28,31). The second kappa shape index (κ2) is 9.68. The molecular formula is C25H22ClN3O3S. The monoisotopic (exact) mass is 479 g/mol. The number of amides is 1. The van der Waals surface area contributed by atoms with Crippen LogP contribution in [0.3, 0.4) is 0 Å². The van der Waals surface area contributed by atoms with Gasteiger partial charge in [0, 0.05) is 51.0 Å². The number of methoxy groups -OCH3 is 1. The summed E-state index contributed by atoms with van der Waals surface area (Å²) in [4.78, 5) is 31.3. The van der Waals surface area contributed by atoms with Crippen molar-refractivity contribution in [2.75, 3.05) is 18.7 Å². The molecule has 0 atom stereocenters. The molecule has 2 heterocycles. The molecule has 0 saturated carbocycles. The Bertz CT molecular complexity index is 1350. The molecule has 0 spiro atoms. The Hall–Kier alpha value is -3.29. The molecule has 4 rings (SSSR count). The summed E-state index contributed by atoms with van der Waals surface area (Å²) in [6.45, 7) is 2.42. The normalized spacial score (nSPS) is 10.9. The highest BCUT2D eigenvalue weighted by molar-refractivity contribution is 7.98. The van der Waals surface area contributed by atoms with Gasteiger partial charge in [-0.05, 0) is 55.1 Å². The summed E-state index contributed by atoms with van der Waals surface area (Å²) in [7, 11) is 1.49. The summed E-state index contributed by atoms with van der Waals surface area (Å²) in [6, 6.07) is 16.7. The largest absolute Gasteiger partial charge is 0.481 e. The first-order valence-electron chi connectivity index (χ1n) is 10.2. The van der Waals surface area contributed by atoms with Crippen LogP contribution in [0.1, 0.15) is 21.6 Å². The van der Waals surface area contributed by atoms with Crippen molar-refractivity contribution in [3.63, 3.8) is 0 Å². The van der Waals surface area contributed by atoms with Crippen molar-refractivity contribution in [2.24, 2.45) is 0 Å². The number of anilines is 1. The van der Waals surface area contributed by atoms with E-state index in [1.807, 2.05) is 55.6 Å². The van der Waals surface area contributed by atoms with Crippen LogP contribution in [0.4, 0.5) is 5.69 Å². The van der Waals surface area contributed by atoms with Gasteiger partial charge in [-0.25, -0.2) is 4.98 Å². The summed E-state index contributed by atoms with van der Waals surface area (Å²) in [5.41, 5.74) is 3.49. The molecule has 8 heteroatoms. The van der Waals surface area contributed by atoms with E-state index in [9.17, 15) is 9.59 Å². The topological polar surface area (TPSA) is 73.2 Å². The van der Waals surface area contributed by atoms with Crippen LogP contribution >= 0.6 is 23.4 Å². The van der Waals surface area contributed by atoms with Gasteiger partial charge in [0.25, 0.3) is 11.7 Å². The lowest BCUT2D eigenvalue weighted by molar-refractivity contribution is -0.112. The number of fused-ring (bicyclic) bond motifs is 1. The number of halogens is 1. The Morgan fingerprint density at radius 1 is 1.12 bits per heavy atom. The lowest BCUT2D eigenvalue weighted by atomic mass is 10.1. The molecule has 0 bridgehead atoms. The number of carbonyl (C=O) groups is 2. The third kappa shape index (κ3) is 4.74. The SMILES string of the molecule is COc1cc(NC(=O)C(=O)c2c(C)n(Cc3ccc(Cl)cc3)c3ccc(SC)cc23)ccn1.